The van der Waals surface area contributed by atoms with Gasteiger partial charge in [-0.2, -0.15) is 0 Å². The molecule has 1 unspecified atom stereocenters. The molecule has 128 valence electrons. The molecule has 1 aliphatic rings. The van der Waals surface area contributed by atoms with Crippen molar-refractivity contribution < 1.29 is 19.1 Å². The molecule has 1 saturated heterocycles. The first-order chi connectivity index (χ1) is 10.6. The first-order valence-electron chi connectivity index (χ1n) is 7.13. The number of carbonyl (C=O) groups excluding carboxylic acids is 2. The SMILES string of the molecule is COc1cc(OC)cc(N2CCC(NC(=O)CCN)C2=O)c1.Cl. The van der Waals surface area contributed by atoms with Crippen molar-refractivity contribution >= 4 is 29.9 Å². The van der Waals surface area contributed by atoms with Crippen molar-refractivity contribution in [2.45, 2.75) is 18.9 Å². The minimum Gasteiger partial charge on any atom is -0.497 e. The average Bonchev–Trinajstić information content (AvgIpc) is 2.88. The quantitative estimate of drug-likeness (QED) is 0.792. The van der Waals surface area contributed by atoms with Crippen LogP contribution in [-0.2, 0) is 9.59 Å². The highest BCUT2D eigenvalue weighted by Gasteiger charge is 2.33. The van der Waals surface area contributed by atoms with Crippen LogP contribution in [0.1, 0.15) is 12.8 Å². The zero-order chi connectivity index (χ0) is 16.1. The first-order valence-corrected chi connectivity index (χ1v) is 7.13. The van der Waals surface area contributed by atoms with Gasteiger partial charge in [0.2, 0.25) is 11.8 Å². The number of anilines is 1. The number of amides is 2. The maximum Gasteiger partial charge on any atom is 0.249 e. The zero-order valence-electron chi connectivity index (χ0n) is 13.2. The van der Waals surface area contributed by atoms with Crippen molar-refractivity contribution in [3.05, 3.63) is 18.2 Å². The van der Waals surface area contributed by atoms with E-state index in [9.17, 15) is 9.59 Å². The van der Waals surface area contributed by atoms with Gasteiger partial charge >= 0.3 is 0 Å². The third kappa shape index (κ3) is 4.49. The second kappa shape index (κ2) is 8.59. The van der Waals surface area contributed by atoms with Gasteiger partial charge in [0.15, 0.2) is 0 Å². The van der Waals surface area contributed by atoms with Crippen molar-refractivity contribution in [1.29, 1.82) is 0 Å². The molecule has 1 aliphatic heterocycles. The number of halogens is 1. The van der Waals surface area contributed by atoms with Crippen molar-refractivity contribution in [2.24, 2.45) is 5.73 Å². The van der Waals surface area contributed by atoms with Crippen molar-refractivity contribution in [1.82, 2.24) is 5.32 Å². The molecular formula is C15H22ClN3O4. The Labute approximate surface area is 141 Å². The molecule has 1 fully saturated rings. The number of nitrogens with zero attached hydrogens (tertiary/aromatic N) is 1. The molecule has 0 aromatic heterocycles. The van der Waals surface area contributed by atoms with E-state index in [0.29, 0.717) is 30.2 Å². The van der Waals surface area contributed by atoms with Gasteiger partial charge in [-0.15, -0.1) is 12.4 Å². The molecule has 0 spiro atoms. The van der Waals surface area contributed by atoms with Crippen LogP contribution in [0.4, 0.5) is 5.69 Å². The number of methoxy groups -OCH3 is 2. The van der Waals surface area contributed by atoms with Gasteiger partial charge in [0, 0.05) is 37.7 Å². The highest BCUT2D eigenvalue weighted by atomic mass is 35.5. The van der Waals surface area contributed by atoms with E-state index in [1.807, 2.05) is 0 Å². The molecule has 1 aromatic carbocycles. The lowest BCUT2D eigenvalue weighted by Gasteiger charge is -2.19. The van der Waals surface area contributed by atoms with Gasteiger partial charge in [-0.05, 0) is 6.42 Å². The molecule has 0 aliphatic carbocycles. The Hall–Kier alpha value is -1.99. The van der Waals surface area contributed by atoms with Crippen molar-refractivity contribution in [3.8, 4) is 11.5 Å². The molecule has 7 nitrogen and oxygen atoms in total. The predicted molar refractivity (Wildman–Crippen MR) is 89.4 cm³/mol. The number of benzene rings is 1. The van der Waals surface area contributed by atoms with E-state index in [1.165, 1.54) is 0 Å². The Morgan fingerprint density at radius 3 is 2.43 bits per heavy atom. The summed E-state index contributed by atoms with van der Waals surface area (Å²) in [4.78, 5) is 25.7. The van der Waals surface area contributed by atoms with Crippen LogP contribution in [-0.4, -0.2) is 45.2 Å². The van der Waals surface area contributed by atoms with E-state index < -0.39 is 6.04 Å². The third-order valence-electron chi connectivity index (χ3n) is 3.56. The van der Waals surface area contributed by atoms with Gasteiger partial charge in [0.25, 0.3) is 0 Å². The Morgan fingerprint density at radius 2 is 1.91 bits per heavy atom. The zero-order valence-corrected chi connectivity index (χ0v) is 14.0. The number of carbonyl (C=O) groups is 2. The molecule has 1 aromatic rings. The molecule has 23 heavy (non-hydrogen) atoms. The molecule has 2 amide bonds. The second-order valence-corrected chi connectivity index (χ2v) is 5.01. The lowest BCUT2D eigenvalue weighted by atomic mass is 10.2. The highest BCUT2D eigenvalue weighted by molar-refractivity contribution is 6.01. The summed E-state index contributed by atoms with van der Waals surface area (Å²) in [5.41, 5.74) is 6.03. The fourth-order valence-electron chi connectivity index (χ4n) is 2.42. The van der Waals surface area contributed by atoms with Gasteiger partial charge in [-0.25, -0.2) is 0 Å². The van der Waals surface area contributed by atoms with Crippen LogP contribution in [0.25, 0.3) is 0 Å². The minimum absolute atomic E-state index is 0. The Balaban J connectivity index is 0.00000264. The summed E-state index contributed by atoms with van der Waals surface area (Å²) in [6, 6.07) is 4.77. The molecule has 8 heteroatoms. The summed E-state index contributed by atoms with van der Waals surface area (Å²) >= 11 is 0. The van der Waals surface area contributed by atoms with Crippen molar-refractivity contribution in [3.63, 3.8) is 0 Å². The van der Waals surface area contributed by atoms with Crippen LogP contribution in [0.5, 0.6) is 11.5 Å². The maximum absolute atomic E-state index is 12.4. The van der Waals surface area contributed by atoms with E-state index in [2.05, 4.69) is 5.32 Å². The van der Waals surface area contributed by atoms with Gasteiger partial charge < -0.3 is 25.4 Å². The van der Waals surface area contributed by atoms with E-state index >= 15 is 0 Å². The highest BCUT2D eigenvalue weighted by Crippen LogP contribution is 2.30. The standard InChI is InChI=1S/C15H21N3O4.ClH/c1-21-11-7-10(8-12(9-11)22-2)18-6-4-13(15(18)20)17-14(19)3-5-16;/h7-9,13H,3-6,16H2,1-2H3,(H,17,19);1H. The van der Waals surface area contributed by atoms with E-state index in [4.69, 9.17) is 15.2 Å². The van der Waals surface area contributed by atoms with Crippen LogP contribution in [0.2, 0.25) is 0 Å². The van der Waals surface area contributed by atoms with Gasteiger partial charge in [-0.1, -0.05) is 0 Å². The van der Waals surface area contributed by atoms with Gasteiger partial charge in [0.05, 0.1) is 19.9 Å². The number of nitrogens with two attached hydrogens (primary N) is 1. The Kier molecular flexibility index (Phi) is 7.12. The molecule has 1 heterocycles. The number of rotatable bonds is 6. The molecular weight excluding hydrogens is 322 g/mol. The summed E-state index contributed by atoms with van der Waals surface area (Å²) in [5, 5.41) is 2.71. The predicted octanol–water partition coefficient (Wildman–Crippen LogP) is 0.696. The minimum atomic E-state index is -0.503. The lowest BCUT2D eigenvalue weighted by Crippen LogP contribution is -2.42. The van der Waals surface area contributed by atoms with Gasteiger partial charge in [-0.3, -0.25) is 9.59 Å². The number of ether oxygens (including phenoxy) is 2. The summed E-state index contributed by atoms with van der Waals surface area (Å²) in [6.07, 6.45) is 0.783. The van der Waals surface area contributed by atoms with Gasteiger partial charge in [0.1, 0.15) is 17.5 Å². The van der Waals surface area contributed by atoms with E-state index in [1.54, 1.807) is 37.3 Å². The monoisotopic (exact) mass is 343 g/mol. The van der Waals surface area contributed by atoms with Crippen LogP contribution >= 0.6 is 12.4 Å². The number of hydrogen-bond acceptors (Lipinski definition) is 5. The second-order valence-electron chi connectivity index (χ2n) is 5.01. The average molecular weight is 344 g/mol. The first kappa shape index (κ1) is 19.1. The summed E-state index contributed by atoms with van der Waals surface area (Å²) in [5.74, 6) is 0.877. The number of hydrogen-bond donors (Lipinski definition) is 2. The van der Waals surface area contributed by atoms with Crippen LogP contribution in [0.15, 0.2) is 18.2 Å². The van der Waals surface area contributed by atoms with E-state index in [-0.39, 0.29) is 37.2 Å². The molecule has 2 rings (SSSR count). The summed E-state index contributed by atoms with van der Waals surface area (Å²) in [7, 11) is 3.11. The summed E-state index contributed by atoms with van der Waals surface area (Å²) < 4.78 is 10.4. The summed E-state index contributed by atoms with van der Waals surface area (Å²) in [6.45, 7) is 0.798. The molecule has 3 N–H and O–H groups in total. The molecule has 0 radical (unpaired) electrons. The Morgan fingerprint density at radius 1 is 1.30 bits per heavy atom. The van der Waals surface area contributed by atoms with E-state index in [0.717, 1.165) is 0 Å². The largest absolute Gasteiger partial charge is 0.497 e. The van der Waals surface area contributed by atoms with Crippen LogP contribution < -0.4 is 25.4 Å². The topological polar surface area (TPSA) is 93.9 Å². The Bertz CT molecular complexity index is 545. The maximum atomic E-state index is 12.4. The lowest BCUT2D eigenvalue weighted by molar-refractivity contribution is -0.126. The van der Waals surface area contributed by atoms with Crippen LogP contribution in [0, 0.1) is 0 Å². The molecule has 1 atom stereocenters. The fraction of sp³-hybridized carbons (Fsp3) is 0.467. The van der Waals surface area contributed by atoms with Crippen molar-refractivity contribution in [2.75, 3.05) is 32.2 Å². The third-order valence-corrected chi connectivity index (χ3v) is 3.56. The molecule has 0 saturated carbocycles. The van der Waals surface area contributed by atoms with Crippen LogP contribution in [0.3, 0.4) is 0 Å². The number of nitrogens with one attached hydrogen (secondary N) is 1. The molecule has 0 bridgehead atoms. The fourth-order valence-corrected chi connectivity index (χ4v) is 2.42. The normalized spacial score (nSPS) is 16.7. The smallest absolute Gasteiger partial charge is 0.249 e.